The van der Waals surface area contributed by atoms with Crippen molar-refractivity contribution in [3.05, 3.63) is 65.7 Å². The Balaban J connectivity index is 1.78. The Morgan fingerprint density at radius 1 is 0.818 bits per heavy atom. The second kappa shape index (κ2) is 10.0. The van der Waals surface area contributed by atoms with E-state index in [4.69, 9.17) is 4.74 Å². The molecule has 1 N–H and O–H groups in total. The summed E-state index contributed by atoms with van der Waals surface area (Å²) in [5.74, 6) is 1.01. The lowest BCUT2D eigenvalue weighted by molar-refractivity contribution is 0.301. The average Bonchev–Trinajstić information content (AvgIpc) is 2.57. The first kappa shape index (κ1) is 16.6. The van der Waals surface area contributed by atoms with E-state index >= 15 is 0 Å². The summed E-state index contributed by atoms with van der Waals surface area (Å²) in [6.07, 6.45) is 4.95. The molecule has 118 valence electrons. The first-order valence-electron chi connectivity index (χ1n) is 8.35. The monoisotopic (exact) mass is 297 g/mol. The minimum atomic E-state index is 0.815. The molecule has 22 heavy (non-hydrogen) atoms. The van der Waals surface area contributed by atoms with Gasteiger partial charge in [-0.15, -0.1) is 0 Å². The van der Waals surface area contributed by atoms with Gasteiger partial charge in [0.1, 0.15) is 5.75 Å². The Hall–Kier alpha value is -1.80. The second-order valence-electron chi connectivity index (χ2n) is 5.61. The molecule has 0 saturated carbocycles. The van der Waals surface area contributed by atoms with Gasteiger partial charge in [-0.25, -0.2) is 0 Å². The van der Waals surface area contributed by atoms with Gasteiger partial charge in [0.05, 0.1) is 6.61 Å². The third-order valence-electron chi connectivity index (χ3n) is 3.72. The number of ether oxygens (including phenoxy) is 1. The van der Waals surface area contributed by atoms with E-state index in [0.29, 0.717) is 0 Å². The van der Waals surface area contributed by atoms with E-state index in [0.717, 1.165) is 31.9 Å². The molecule has 0 amide bonds. The van der Waals surface area contributed by atoms with Gasteiger partial charge in [0.2, 0.25) is 0 Å². The minimum Gasteiger partial charge on any atom is -0.493 e. The Morgan fingerprint density at radius 2 is 1.59 bits per heavy atom. The maximum atomic E-state index is 5.95. The van der Waals surface area contributed by atoms with E-state index in [9.17, 15) is 0 Å². The molecular weight excluding hydrogens is 270 g/mol. The molecule has 0 spiro atoms. The predicted octanol–water partition coefficient (Wildman–Crippen LogP) is 4.94. The highest BCUT2D eigenvalue weighted by molar-refractivity contribution is 5.33. The molecule has 0 atom stereocenters. The third-order valence-corrected chi connectivity index (χ3v) is 3.72. The summed E-state index contributed by atoms with van der Waals surface area (Å²) in [5.41, 5.74) is 2.54. The largest absolute Gasteiger partial charge is 0.493 e. The fourth-order valence-corrected chi connectivity index (χ4v) is 2.44. The van der Waals surface area contributed by atoms with Crippen molar-refractivity contribution < 1.29 is 4.74 Å². The van der Waals surface area contributed by atoms with E-state index in [1.807, 2.05) is 12.1 Å². The fourth-order valence-electron chi connectivity index (χ4n) is 2.44. The van der Waals surface area contributed by atoms with Gasteiger partial charge in [-0.1, -0.05) is 74.7 Å². The normalized spacial score (nSPS) is 10.6. The first-order valence-corrected chi connectivity index (χ1v) is 8.35. The van der Waals surface area contributed by atoms with Gasteiger partial charge < -0.3 is 10.1 Å². The van der Waals surface area contributed by atoms with Crippen LogP contribution in [0.4, 0.5) is 0 Å². The van der Waals surface area contributed by atoms with Crippen molar-refractivity contribution in [2.24, 2.45) is 0 Å². The van der Waals surface area contributed by atoms with E-state index < -0.39 is 0 Å². The molecule has 2 heteroatoms. The molecular formula is C20H27NO. The van der Waals surface area contributed by atoms with Crippen LogP contribution in [0.25, 0.3) is 0 Å². The van der Waals surface area contributed by atoms with Crippen LogP contribution in [0.2, 0.25) is 0 Å². The van der Waals surface area contributed by atoms with Gasteiger partial charge in [0, 0.05) is 18.7 Å². The first-order chi connectivity index (χ1) is 10.9. The van der Waals surface area contributed by atoms with Crippen LogP contribution < -0.4 is 10.1 Å². The Morgan fingerprint density at radius 3 is 2.41 bits per heavy atom. The SMILES string of the molecule is CCCCCCOc1ccccc1CNCc1ccccc1. The molecule has 0 unspecified atom stereocenters. The van der Waals surface area contributed by atoms with Crippen molar-refractivity contribution >= 4 is 0 Å². The van der Waals surface area contributed by atoms with Gasteiger partial charge in [0.15, 0.2) is 0 Å². The van der Waals surface area contributed by atoms with Crippen molar-refractivity contribution in [2.75, 3.05) is 6.61 Å². The molecule has 2 nitrogen and oxygen atoms in total. The van der Waals surface area contributed by atoms with Crippen molar-refractivity contribution in [3.63, 3.8) is 0 Å². The zero-order chi connectivity index (χ0) is 15.5. The van der Waals surface area contributed by atoms with E-state index in [2.05, 4.69) is 54.7 Å². The number of rotatable bonds is 10. The third kappa shape index (κ3) is 5.90. The predicted molar refractivity (Wildman–Crippen MR) is 93.1 cm³/mol. The van der Waals surface area contributed by atoms with Crippen molar-refractivity contribution in [2.45, 2.75) is 45.7 Å². The summed E-state index contributed by atoms with van der Waals surface area (Å²) in [6, 6.07) is 18.8. The number of unbranched alkanes of at least 4 members (excludes halogenated alkanes) is 3. The van der Waals surface area contributed by atoms with Gasteiger partial charge in [0.25, 0.3) is 0 Å². The van der Waals surface area contributed by atoms with Gasteiger partial charge in [-0.2, -0.15) is 0 Å². The highest BCUT2D eigenvalue weighted by Crippen LogP contribution is 2.18. The number of nitrogens with one attached hydrogen (secondary N) is 1. The lowest BCUT2D eigenvalue weighted by Gasteiger charge is -2.12. The summed E-state index contributed by atoms with van der Waals surface area (Å²) < 4.78 is 5.95. The molecule has 0 saturated heterocycles. The molecule has 2 aromatic carbocycles. The summed E-state index contributed by atoms with van der Waals surface area (Å²) in [6.45, 7) is 4.76. The average molecular weight is 297 g/mol. The minimum absolute atomic E-state index is 0.815. The zero-order valence-electron chi connectivity index (χ0n) is 13.6. The summed E-state index contributed by atoms with van der Waals surface area (Å²) in [4.78, 5) is 0. The molecule has 0 fully saturated rings. The number of para-hydroxylation sites is 1. The standard InChI is InChI=1S/C20H27NO/c1-2-3-4-10-15-22-20-14-9-8-13-19(20)17-21-16-18-11-6-5-7-12-18/h5-9,11-14,21H,2-4,10,15-17H2,1H3. The van der Waals surface area contributed by atoms with Crippen molar-refractivity contribution in [1.29, 1.82) is 0 Å². The molecule has 0 heterocycles. The number of hydrogen-bond acceptors (Lipinski definition) is 2. The van der Waals surface area contributed by atoms with Crippen LogP contribution in [0.3, 0.4) is 0 Å². The summed E-state index contributed by atoms with van der Waals surface area (Å²) >= 11 is 0. The Kier molecular flexibility index (Phi) is 7.54. The lowest BCUT2D eigenvalue weighted by atomic mass is 10.2. The number of benzene rings is 2. The Labute approximate surface area is 134 Å². The van der Waals surface area contributed by atoms with Crippen LogP contribution in [0, 0.1) is 0 Å². The van der Waals surface area contributed by atoms with Gasteiger partial charge in [-0.3, -0.25) is 0 Å². The fraction of sp³-hybridized carbons (Fsp3) is 0.400. The van der Waals surface area contributed by atoms with Crippen LogP contribution in [0.1, 0.15) is 43.7 Å². The molecule has 0 aliphatic carbocycles. The topological polar surface area (TPSA) is 21.3 Å². The summed E-state index contributed by atoms with van der Waals surface area (Å²) in [5, 5.41) is 3.49. The molecule has 0 bridgehead atoms. The highest BCUT2D eigenvalue weighted by atomic mass is 16.5. The highest BCUT2D eigenvalue weighted by Gasteiger charge is 2.02. The maximum absolute atomic E-state index is 5.95. The summed E-state index contributed by atoms with van der Waals surface area (Å²) in [7, 11) is 0. The molecule has 0 aromatic heterocycles. The zero-order valence-corrected chi connectivity index (χ0v) is 13.6. The van der Waals surface area contributed by atoms with E-state index in [1.54, 1.807) is 0 Å². The Bertz CT molecular complexity index is 524. The smallest absolute Gasteiger partial charge is 0.123 e. The molecule has 0 aliphatic heterocycles. The molecule has 2 aromatic rings. The maximum Gasteiger partial charge on any atom is 0.123 e. The van der Waals surface area contributed by atoms with Crippen LogP contribution >= 0.6 is 0 Å². The van der Waals surface area contributed by atoms with Gasteiger partial charge >= 0.3 is 0 Å². The van der Waals surface area contributed by atoms with E-state index in [1.165, 1.54) is 30.4 Å². The quantitative estimate of drug-likeness (QED) is 0.627. The van der Waals surface area contributed by atoms with Crippen LogP contribution in [-0.2, 0) is 13.1 Å². The van der Waals surface area contributed by atoms with Crippen molar-refractivity contribution in [1.82, 2.24) is 5.32 Å². The second-order valence-corrected chi connectivity index (χ2v) is 5.61. The van der Waals surface area contributed by atoms with Crippen LogP contribution in [0.5, 0.6) is 5.75 Å². The van der Waals surface area contributed by atoms with Crippen molar-refractivity contribution in [3.8, 4) is 5.75 Å². The molecule has 0 radical (unpaired) electrons. The molecule has 0 aliphatic rings. The van der Waals surface area contributed by atoms with Gasteiger partial charge in [-0.05, 0) is 18.1 Å². The number of hydrogen-bond donors (Lipinski definition) is 1. The lowest BCUT2D eigenvalue weighted by Crippen LogP contribution is -2.13. The molecule has 2 rings (SSSR count). The van der Waals surface area contributed by atoms with Crippen LogP contribution in [-0.4, -0.2) is 6.61 Å². The van der Waals surface area contributed by atoms with Crippen LogP contribution in [0.15, 0.2) is 54.6 Å². The van der Waals surface area contributed by atoms with E-state index in [-0.39, 0.29) is 0 Å².